The second kappa shape index (κ2) is 8.03. The van der Waals surface area contributed by atoms with Crippen molar-refractivity contribution in [3.8, 4) is 5.75 Å². The summed E-state index contributed by atoms with van der Waals surface area (Å²) in [5.74, 6) is 0.654. The van der Waals surface area contributed by atoms with E-state index in [-0.39, 0.29) is 18.3 Å². The highest BCUT2D eigenvalue weighted by atomic mass is 19.1. The molecule has 1 heterocycles. The van der Waals surface area contributed by atoms with Gasteiger partial charge in [0.15, 0.2) is 0 Å². The zero-order valence-corrected chi connectivity index (χ0v) is 15.5. The molecule has 6 heteroatoms. The van der Waals surface area contributed by atoms with Gasteiger partial charge in [-0.25, -0.2) is 4.39 Å². The molecule has 0 saturated heterocycles. The summed E-state index contributed by atoms with van der Waals surface area (Å²) in [5, 5.41) is 6.75. The smallest absolute Gasteiger partial charge is 0.255 e. The van der Waals surface area contributed by atoms with E-state index in [0.29, 0.717) is 29.2 Å². The molecular weight excluding hydrogens is 347 g/mol. The van der Waals surface area contributed by atoms with E-state index in [1.54, 1.807) is 37.3 Å². The Balaban J connectivity index is 1.69. The molecule has 5 nitrogen and oxygen atoms in total. The molecule has 27 heavy (non-hydrogen) atoms. The first-order valence-corrected chi connectivity index (χ1v) is 8.62. The van der Waals surface area contributed by atoms with E-state index in [4.69, 9.17) is 9.26 Å². The van der Waals surface area contributed by atoms with Crippen LogP contribution in [0.1, 0.15) is 38.5 Å². The van der Waals surface area contributed by atoms with E-state index in [1.165, 1.54) is 6.07 Å². The Kier molecular flexibility index (Phi) is 5.54. The van der Waals surface area contributed by atoms with E-state index in [2.05, 4.69) is 10.5 Å². The molecule has 0 bridgehead atoms. The summed E-state index contributed by atoms with van der Waals surface area (Å²) in [6.45, 7) is 5.93. The molecule has 2 aromatic carbocycles. The molecule has 140 valence electrons. The van der Waals surface area contributed by atoms with Crippen LogP contribution in [0.25, 0.3) is 0 Å². The minimum atomic E-state index is -0.261. The Morgan fingerprint density at radius 2 is 1.96 bits per heavy atom. The lowest BCUT2D eigenvalue weighted by molar-refractivity contribution is 0.0946. The first-order chi connectivity index (χ1) is 13.0. The van der Waals surface area contributed by atoms with Crippen molar-refractivity contribution in [3.05, 3.63) is 82.0 Å². The number of aryl methyl sites for hydroxylation is 3. The van der Waals surface area contributed by atoms with Crippen molar-refractivity contribution in [2.45, 2.75) is 33.9 Å². The van der Waals surface area contributed by atoms with Crippen LogP contribution >= 0.6 is 0 Å². The van der Waals surface area contributed by atoms with E-state index >= 15 is 0 Å². The molecule has 0 unspecified atom stereocenters. The lowest BCUT2D eigenvalue weighted by Gasteiger charge is -2.12. The molecule has 0 aliphatic heterocycles. The van der Waals surface area contributed by atoms with Crippen LogP contribution in [-0.2, 0) is 13.2 Å². The van der Waals surface area contributed by atoms with Crippen molar-refractivity contribution in [1.82, 2.24) is 10.5 Å². The van der Waals surface area contributed by atoms with Gasteiger partial charge in [0.1, 0.15) is 23.9 Å². The highest BCUT2D eigenvalue weighted by Crippen LogP contribution is 2.21. The molecule has 0 saturated carbocycles. The molecule has 0 atom stereocenters. The van der Waals surface area contributed by atoms with Crippen LogP contribution in [0.2, 0.25) is 0 Å². The summed E-state index contributed by atoms with van der Waals surface area (Å²) in [5.41, 5.74) is 3.44. The topological polar surface area (TPSA) is 64.4 Å². The van der Waals surface area contributed by atoms with Gasteiger partial charge in [-0.15, -0.1) is 0 Å². The fraction of sp³-hybridized carbons (Fsp3) is 0.238. The maximum atomic E-state index is 13.4. The van der Waals surface area contributed by atoms with Gasteiger partial charge in [0.2, 0.25) is 0 Å². The van der Waals surface area contributed by atoms with E-state index in [9.17, 15) is 9.18 Å². The molecule has 3 rings (SSSR count). The predicted octanol–water partition coefficient (Wildman–Crippen LogP) is 4.25. The van der Waals surface area contributed by atoms with Crippen LogP contribution in [0.5, 0.6) is 5.75 Å². The van der Waals surface area contributed by atoms with Crippen molar-refractivity contribution >= 4 is 5.91 Å². The molecule has 0 aliphatic rings. The lowest BCUT2D eigenvalue weighted by Crippen LogP contribution is -2.23. The summed E-state index contributed by atoms with van der Waals surface area (Å²) < 4.78 is 24.3. The van der Waals surface area contributed by atoms with Crippen molar-refractivity contribution in [2.75, 3.05) is 0 Å². The highest BCUT2D eigenvalue weighted by molar-refractivity contribution is 5.96. The number of carbonyl (C=O) groups is 1. The fourth-order valence-corrected chi connectivity index (χ4v) is 2.73. The summed E-state index contributed by atoms with van der Waals surface area (Å²) in [6, 6.07) is 11.8. The maximum absolute atomic E-state index is 13.4. The standard InChI is InChI=1S/C21H21FN2O3/c1-13-10-16(8-9-19(13)22)11-23-21(25)17-6-4-5-7-20(17)26-12-18-14(2)24-27-15(18)3/h4-10H,11-12H2,1-3H3,(H,23,25). The normalized spacial score (nSPS) is 10.7. The molecular formula is C21H21FN2O3. The Hall–Kier alpha value is -3.15. The van der Waals surface area contributed by atoms with Crippen LogP contribution in [0.3, 0.4) is 0 Å². The largest absolute Gasteiger partial charge is 0.488 e. The number of ether oxygens (including phenoxy) is 1. The molecule has 1 amide bonds. The van der Waals surface area contributed by atoms with E-state index < -0.39 is 0 Å². The quantitative estimate of drug-likeness (QED) is 0.706. The highest BCUT2D eigenvalue weighted by Gasteiger charge is 2.15. The number of rotatable bonds is 6. The minimum absolute atomic E-state index is 0.258. The second-order valence-electron chi connectivity index (χ2n) is 6.35. The van der Waals surface area contributed by atoms with Crippen molar-refractivity contribution < 1.29 is 18.4 Å². The Morgan fingerprint density at radius 3 is 2.67 bits per heavy atom. The van der Waals surface area contributed by atoms with E-state index in [1.807, 2.05) is 19.9 Å². The molecule has 0 fully saturated rings. The van der Waals surface area contributed by atoms with Crippen LogP contribution in [0.4, 0.5) is 4.39 Å². The number of nitrogens with zero attached hydrogens (tertiary/aromatic N) is 1. The summed E-state index contributed by atoms with van der Waals surface area (Å²) in [6.07, 6.45) is 0. The Bertz CT molecular complexity index is 946. The summed E-state index contributed by atoms with van der Waals surface area (Å²) in [7, 11) is 0. The van der Waals surface area contributed by atoms with Gasteiger partial charge in [0.05, 0.1) is 16.8 Å². The Labute approximate surface area is 157 Å². The number of hydrogen-bond acceptors (Lipinski definition) is 4. The minimum Gasteiger partial charge on any atom is -0.488 e. The number of benzene rings is 2. The lowest BCUT2D eigenvalue weighted by atomic mass is 10.1. The average molecular weight is 368 g/mol. The van der Waals surface area contributed by atoms with Crippen molar-refractivity contribution in [2.24, 2.45) is 0 Å². The third-order valence-electron chi connectivity index (χ3n) is 4.36. The Morgan fingerprint density at radius 1 is 1.19 bits per heavy atom. The zero-order valence-electron chi connectivity index (χ0n) is 15.5. The van der Waals surface area contributed by atoms with Gasteiger partial charge in [-0.2, -0.15) is 0 Å². The van der Waals surface area contributed by atoms with Gasteiger partial charge in [-0.05, 0) is 50.1 Å². The first-order valence-electron chi connectivity index (χ1n) is 8.62. The first kappa shape index (κ1) is 18.6. The fourth-order valence-electron chi connectivity index (χ4n) is 2.73. The SMILES string of the molecule is Cc1cc(CNC(=O)c2ccccc2OCc2c(C)noc2C)ccc1F. The van der Waals surface area contributed by atoms with Gasteiger partial charge < -0.3 is 14.6 Å². The molecule has 0 spiro atoms. The molecule has 1 N–H and O–H groups in total. The van der Waals surface area contributed by atoms with Crippen LogP contribution < -0.4 is 10.1 Å². The number of nitrogens with one attached hydrogen (secondary N) is 1. The molecule has 1 aromatic heterocycles. The number of amides is 1. The van der Waals surface area contributed by atoms with Crippen LogP contribution in [0, 0.1) is 26.6 Å². The number of halogens is 1. The van der Waals surface area contributed by atoms with E-state index in [0.717, 1.165) is 16.8 Å². The molecule has 0 radical (unpaired) electrons. The number of aromatic nitrogens is 1. The molecule has 0 aliphatic carbocycles. The van der Waals surface area contributed by atoms with Gasteiger partial charge in [0, 0.05) is 6.54 Å². The van der Waals surface area contributed by atoms with Gasteiger partial charge in [-0.3, -0.25) is 4.79 Å². The molecule has 3 aromatic rings. The van der Waals surface area contributed by atoms with Gasteiger partial charge in [0.25, 0.3) is 5.91 Å². The third kappa shape index (κ3) is 4.34. The van der Waals surface area contributed by atoms with Crippen LogP contribution in [-0.4, -0.2) is 11.1 Å². The second-order valence-corrected chi connectivity index (χ2v) is 6.35. The third-order valence-corrected chi connectivity index (χ3v) is 4.36. The monoisotopic (exact) mass is 368 g/mol. The van der Waals surface area contributed by atoms with Gasteiger partial charge in [-0.1, -0.05) is 29.4 Å². The van der Waals surface area contributed by atoms with Crippen LogP contribution in [0.15, 0.2) is 47.0 Å². The number of carbonyl (C=O) groups excluding carboxylic acids is 1. The summed E-state index contributed by atoms with van der Waals surface area (Å²) in [4.78, 5) is 12.6. The number of para-hydroxylation sites is 1. The van der Waals surface area contributed by atoms with Crippen molar-refractivity contribution in [3.63, 3.8) is 0 Å². The predicted molar refractivity (Wildman–Crippen MR) is 99.1 cm³/mol. The zero-order chi connectivity index (χ0) is 19.4. The maximum Gasteiger partial charge on any atom is 0.255 e. The van der Waals surface area contributed by atoms with Gasteiger partial charge >= 0.3 is 0 Å². The number of hydrogen-bond donors (Lipinski definition) is 1. The summed E-state index contributed by atoms with van der Waals surface area (Å²) >= 11 is 0. The van der Waals surface area contributed by atoms with Crippen molar-refractivity contribution in [1.29, 1.82) is 0 Å². The average Bonchev–Trinajstić information content (AvgIpc) is 2.99.